The van der Waals surface area contributed by atoms with Crippen LogP contribution in [0, 0.1) is 17.3 Å². The number of hydrogen-bond acceptors (Lipinski definition) is 12. The Bertz CT molecular complexity index is 1640. The van der Waals surface area contributed by atoms with Crippen LogP contribution in [-0.4, -0.2) is 79.7 Å². The van der Waals surface area contributed by atoms with Crippen LogP contribution in [0.3, 0.4) is 0 Å². The van der Waals surface area contributed by atoms with Gasteiger partial charge in [0, 0.05) is 56.3 Å². The molecule has 1 amide bonds. The predicted octanol–water partition coefficient (Wildman–Crippen LogP) is 0.601. The molecule has 0 radical (unpaired) electrons. The highest BCUT2D eigenvalue weighted by atomic mass is 16.3. The van der Waals surface area contributed by atoms with Gasteiger partial charge in [0.2, 0.25) is 5.82 Å². The summed E-state index contributed by atoms with van der Waals surface area (Å²) in [7, 11) is 0. The van der Waals surface area contributed by atoms with Crippen molar-refractivity contribution in [2.45, 2.75) is 12.6 Å². The van der Waals surface area contributed by atoms with Crippen molar-refractivity contribution in [3.63, 3.8) is 0 Å². The third-order valence-corrected chi connectivity index (χ3v) is 6.60. The van der Waals surface area contributed by atoms with Crippen LogP contribution in [0.25, 0.3) is 6.08 Å². The number of hydrogen-bond donors (Lipinski definition) is 5. The van der Waals surface area contributed by atoms with Crippen LogP contribution in [0.4, 0.5) is 5.82 Å². The zero-order valence-corrected chi connectivity index (χ0v) is 22.6. The Morgan fingerprint density at radius 2 is 1.93 bits per heavy atom. The lowest BCUT2D eigenvalue weighted by Gasteiger charge is -2.24. The first-order valence-electron chi connectivity index (χ1n) is 13.2. The van der Waals surface area contributed by atoms with Crippen molar-refractivity contribution >= 4 is 29.3 Å². The topological polar surface area (TPSA) is 196 Å². The van der Waals surface area contributed by atoms with E-state index in [-0.39, 0.29) is 29.9 Å². The van der Waals surface area contributed by atoms with E-state index < -0.39 is 5.91 Å². The smallest absolute Gasteiger partial charge is 0.268 e. The molecule has 0 bridgehead atoms. The Hall–Kier alpha value is -5.77. The molecule has 7 N–H and O–H groups in total. The lowest BCUT2D eigenvalue weighted by Crippen LogP contribution is -2.34. The lowest BCUT2D eigenvalue weighted by molar-refractivity contribution is -0.117. The minimum absolute atomic E-state index is 0.0259. The fourth-order valence-electron chi connectivity index (χ4n) is 4.53. The lowest BCUT2D eigenvalue weighted by atomic mass is 10.1. The number of carbonyl (C=O) groups is 1. The number of nitrogens with one attached hydrogen (secondary N) is 2. The van der Waals surface area contributed by atoms with Gasteiger partial charge in [-0.15, -0.1) is 0 Å². The van der Waals surface area contributed by atoms with Crippen LogP contribution >= 0.6 is 0 Å². The SMILES string of the molecule is N=C(/C=C1\C(N)=NC2CCN(c3ccnc(C#CCNC(=O)/C(N)=C/c4ncccn4)n3)CCN12)c1ccccc1O. The fourth-order valence-corrected chi connectivity index (χ4v) is 4.53. The Balaban J connectivity index is 1.20. The Kier molecular flexibility index (Phi) is 8.34. The number of amidine groups is 1. The van der Waals surface area contributed by atoms with Gasteiger partial charge in [0.25, 0.3) is 5.91 Å². The maximum Gasteiger partial charge on any atom is 0.268 e. The molecular weight excluding hydrogens is 534 g/mol. The van der Waals surface area contributed by atoms with Crippen molar-refractivity contribution in [2.75, 3.05) is 31.1 Å². The summed E-state index contributed by atoms with van der Waals surface area (Å²) >= 11 is 0. The molecule has 1 aromatic carbocycles. The van der Waals surface area contributed by atoms with Crippen molar-refractivity contribution in [2.24, 2.45) is 16.5 Å². The maximum atomic E-state index is 12.2. The van der Waals surface area contributed by atoms with Gasteiger partial charge in [-0.1, -0.05) is 18.1 Å². The molecule has 4 heterocycles. The number of nitrogens with zero attached hydrogens (tertiary/aromatic N) is 7. The molecule has 2 aromatic heterocycles. The van der Waals surface area contributed by atoms with Gasteiger partial charge in [0.05, 0.1) is 18.0 Å². The molecule has 13 nitrogen and oxygen atoms in total. The van der Waals surface area contributed by atoms with E-state index in [0.717, 1.165) is 5.82 Å². The second kappa shape index (κ2) is 12.6. The van der Waals surface area contributed by atoms with Crippen molar-refractivity contribution in [3.05, 3.63) is 89.7 Å². The van der Waals surface area contributed by atoms with Gasteiger partial charge >= 0.3 is 0 Å². The number of amides is 1. The van der Waals surface area contributed by atoms with E-state index in [1.54, 1.807) is 55.0 Å². The molecule has 0 saturated carbocycles. The summed E-state index contributed by atoms with van der Waals surface area (Å²) in [6.45, 7) is 1.98. The summed E-state index contributed by atoms with van der Waals surface area (Å²) in [4.78, 5) is 37.9. The molecule has 0 spiro atoms. The molecule has 1 atom stereocenters. The summed E-state index contributed by atoms with van der Waals surface area (Å²) in [6, 6.07) is 10.2. The van der Waals surface area contributed by atoms with Gasteiger partial charge in [0.15, 0.2) is 5.82 Å². The molecule has 2 aliphatic rings. The summed E-state index contributed by atoms with van der Waals surface area (Å²) in [5.74, 6) is 7.05. The molecule has 1 unspecified atom stereocenters. The average molecular weight is 564 g/mol. The van der Waals surface area contributed by atoms with Crippen LogP contribution in [0.1, 0.15) is 23.6 Å². The average Bonchev–Trinajstić information content (AvgIpc) is 3.14. The number of anilines is 1. The van der Waals surface area contributed by atoms with Gasteiger partial charge in [-0.25, -0.2) is 24.9 Å². The summed E-state index contributed by atoms with van der Waals surface area (Å²) in [5, 5.41) is 21.3. The van der Waals surface area contributed by atoms with Crippen LogP contribution in [0.5, 0.6) is 5.75 Å². The van der Waals surface area contributed by atoms with Crippen molar-refractivity contribution in [1.29, 1.82) is 5.41 Å². The standard InChI is InChI=1S/C29H29N11O2/c30-20(19-5-1-2-6-23(19)41)17-22-28(32)38-27-9-14-39(15-16-40(22)27)26-8-13-35-24(37-26)7-3-10-36-29(42)21(31)18-25-33-11-4-12-34-25/h1-2,4-6,8,11-13,17-18,27,30,41H,9-10,14-16,31H2,(H2,32,38)(H,36,42)/b21-18-,22-17+,30-20?. The molecule has 1 saturated heterocycles. The van der Waals surface area contributed by atoms with E-state index in [0.29, 0.717) is 54.8 Å². The summed E-state index contributed by atoms with van der Waals surface area (Å²) in [5.41, 5.74) is 13.3. The number of rotatable bonds is 6. The van der Waals surface area contributed by atoms with Gasteiger partial charge < -0.3 is 37.1 Å². The first-order valence-corrected chi connectivity index (χ1v) is 13.2. The van der Waals surface area contributed by atoms with E-state index in [9.17, 15) is 9.90 Å². The van der Waals surface area contributed by atoms with Gasteiger partial charge in [0.1, 0.15) is 29.3 Å². The quantitative estimate of drug-likeness (QED) is 0.161. The number of aromatic nitrogens is 4. The first kappa shape index (κ1) is 27.8. The van der Waals surface area contributed by atoms with Crippen LogP contribution in [-0.2, 0) is 4.79 Å². The third-order valence-electron chi connectivity index (χ3n) is 6.60. The van der Waals surface area contributed by atoms with E-state index in [4.69, 9.17) is 16.9 Å². The monoisotopic (exact) mass is 563 g/mol. The van der Waals surface area contributed by atoms with E-state index in [1.165, 1.54) is 6.08 Å². The highest BCUT2D eigenvalue weighted by Crippen LogP contribution is 2.27. The van der Waals surface area contributed by atoms with E-state index >= 15 is 0 Å². The summed E-state index contributed by atoms with van der Waals surface area (Å²) in [6.07, 6.45) is 8.34. The molecule has 1 fully saturated rings. The third kappa shape index (κ3) is 6.50. The van der Waals surface area contributed by atoms with E-state index in [1.807, 2.05) is 6.07 Å². The van der Waals surface area contributed by atoms with E-state index in [2.05, 4.69) is 51.9 Å². The molecule has 2 aliphatic heterocycles. The highest BCUT2D eigenvalue weighted by Gasteiger charge is 2.32. The van der Waals surface area contributed by atoms with Crippen LogP contribution in [0.15, 0.2) is 77.5 Å². The molecule has 42 heavy (non-hydrogen) atoms. The number of fused-ring (bicyclic) bond motifs is 1. The number of phenols is 1. The minimum Gasteiger partial charge on any atom is -0.507 e. The number of allylic oxidation sites excluding steroid dienone is 1. The molecular formula is C29H29N11O2. The molecule has 212 valence electrons. The normalized spacial score (nSPS) is 17.5. The number of para-hydroxylation sites is 1. The number of phenolic OH excluding ortho intramolecular Hbond substituents is 1. The number of carbonyl (C=O) groups excluding carboxylic acids is 1. The van der Waals surface area contributed by atoms with Crippen molar-refractivity contribution in [3.8, 4) is 17.6 Å². The number of benzene rings is 1. The van der Waals surface area contributed by atoms with Crippen LogP contribution in [0.2, 0.25) is 0 Å². The van der Waals surface area contributed by atoms with Gasteiger partial charge in [-0.3, -0.25) is 4.79 Å². The maximum absolute atomic E-state index is 12.2. The first-order chi connectivity index (χ1) is 20.4. The zero-order chi connectivity index (χ0) is 29.5. The molecule has 0 aliphatic carbocycles. The Morgan fingerprint density at radius 3 is 2.74 bits per heavy atom. The fraction of sp³-hybridized carbons (Fsp3) is 0.207. The van der Waals surface area contributed by atoms with Crippen molar-refractivity contribution < 1.29 is 9.90 Å². The molecule has 3 aromatic rings. The number of aromatic hydroxyl groups is 1. The molecule has 13 heteroatoms. The number of nitrogens with two attached hydrogens (primary N) is 2. The second-order valence-electron chi connectivity index (χ2n) is 9.35. The summed E-state index contributed by atoms with van der Waals surface area (Å²) < 4.78 is 0. The van der Waals surface area contributed by atoms with Gasteiger partial charge in [-0.05, 0) is 36.3 Å². The van der Waals surface area contributed by atoms with Crippen molar-refractivity contribution in [1.82, 2.24) is 30.2 Å². The predicted molar refractivity (Wildman–Crippen MR) is 158 cm³/mol. The number of aliphatic imine (C=N–C) groups is 1. The Labute approximate surface area is 242 Å². The van der Waals surface area contributed by atoms with Crippen LogP contribution < -0.4 is 21.7 Å². The second-order valence-corrected chi connectivity index (χ2v) is 9.35. The zero-order valence-electron chi connectivity index (χ0n) is 22.6. The minimum atomic E-state index is -0.482. The Morgan fingerprint density at radius 1 is 1.12 bits per heavy atom. The largest absolute Gasteiger partial charge is 0.507 e. The van der Waals surface area contributed by atoms with Gasteiger partial charge in [-0.2, -0.15) is 0 Å². The highest BCUT2D eigenvalue weighted by molar-refractivity contribution is 6.13. The molecule has 5 rings (SSSR count).